The topological polar surface area (TPSA) is 142 Å². The van der Waals surface area contributed by atoms with Crippen LogP contribution in [0.3, 0.4) is 0 Å². The quantitative estimate of drug-likeness (QED) is 0.212. The summed E-state index contributed by atoms with van der Waals surface area (Å²) in [5.41, 5.74) is 0.772. The summed E-state index contributed by atoms with van der Waals surface area (Å²) >= 11 is 1.44. The molecule has 4 N–H and O–H groups in total. The van der Waals surface area contributed by atoms with E-state index in [-0.39, 0.29) is 34.4 Å². The summed E-state index contributed by atoms with van der Waals surface area (Å²) in [4.78, 5) is 38.8. The largest absolute Gasteiger partial charge is 0.480 e. The Bertz CT molecular complexity index is 1230. The number of rotatable bonds is 16. The Balaban J connectivity index is 2.08. The molecule has 0 aliphatic heterocycles. The fourth-order valence-corrected chi connectivity index (χ4v) is 6.55. The number of carbonyl (C=O) groups excluding carboxylic acids is 2. The van der Waals surface area contributed by atoms with Crippen LogP contribution in [0.4, 0.5) is 0 Å². The molecule has 3 atom stereocenters. The number of carboxylic acid groups (broad SMARTS) is 1. The van der Waals surface area contributed by atoms with Gasteiger partial charge in [-0.3, -0.25) is 9.59 Å². The third-order valence-corrected chi connectivity index (χ3v) is 8.93. The first-order valence-corrected chi connectivity index (χ1v) is 16.1. The minimum atomic E-state index is -3.66. The van der Waals surface area contributed by atoms with Gasteiger partial charge in [-0.2, -0.15) is 0 Å². The first-order chi connectivity index (χ1) is 19.2. The molecule has 0 aromatic heterocycles. The molecule has 0 saturated carbocycles. The highest BCUT2D eigenvalue weighted by Crippen LogP contribution is 2.31. The molecule has 0 fully saturated rings. The molecule has 11 heteroatoms. The Morgan fingerprint density at radius 1 is 0.878 bits per heavy atom. The number of carbonyl (C=O) groups is 3. The number of amides is 2. The Kier molecular flexibility index (Phi) is 13.3. The zero-order valence-corrected chi connectivity index (χ0v) is 26.1. The van der Waals surface area contributed by atoms with Gasteiger partial charge in [0.05, 0.1) is 10.1 Å². The number of benzene rings is 2. The van der Waals surface area contributed by atoms with Crippen molar-refractivity contribution in [2.24, 2.45) is 5.92 Å². The number of sulfonamides is 1. The van der Waals surface area contributed by atoms with Gasteiger partial charge >= 0.3 is 5.97 Å². The van der Waals surface area contributed by atoms with Crippen LogP contribution in [0.15, 0.2) is 65.6 Å². The summed E-state index contributed by atoms with van der Waals surface area (Å²) in [6.07, 6.45) is 1.24. The summed E-state index contributed by atoms with van der Waals surface area (Å²) in [6.45, 7) is 9.94. The van der Waals surface area contributed by atoms with Gasteiger partial charge in [-0.15, -0.1) is 11.8 Å². The lowest BCUT2D eigenvalue weighted by molar-refractivity contribution is -0.142. The maximum absolute atomic E-state index is 13.5. The number of thioether (sulfide) groups is 1. The minimum absolute atomic E-state index is 0.0598. The van der Waals surface area contributed by atoms with Crippen molar-refractivity contribution in [1.82, 2.24) is 15.4 Å². The molecule has 0 aliphatic rings. The second-order valence-corrected chi connectivity index (χ2v) is 15.1. The summed E-state index contributed by atoms with van der Waals surface area (Å²) in [7, 11) is -3.66. The maximum Gasteiger partial charge on any atom is 0.326 e. The molecule has 2 rings (SSSR count). The number of hydrogen-bond donors (Lipinski definition) is 4. The SMILES string of the molecule is CC(C)CC(NC(=O)C(CCCNS(=O)(=O)c1ccccc1)SC(C)(C)C)C(=O)N[C@@H](Cc1ccccc1)C(=O)O. The van der Waals surface area contributed by atoms with Crippen molar-refractivity contribution in [3.8, 4) is 0 Å². The highest BCUT2D eigenvalue weighted by Gasteiger charge is 2.31. The van der Waals surface area contributed by atoms with E-state index in [0.717, 1.165) is 5.56 Å². The molecule has 0 spiro atoms. The van der Waals surface area contributed by atoms with E-state index in [1.54, 1.807) is 42.5 Å². The van der Waals surface area contributed by atoms with Crippen LogP contribution in [0.1, 0.15) is 59.4 Å². The van der Waals surface area contributed by atoms with Gasteiger partial charge in [-0.25, -0.2) is 17.9 Å². The van der Waals surface area contributed by atoms with Gasteiger partial charge < -0.3 is 15.7 Å². The molecule has 0 heterocycles. The summed E-state index contributed by atoms with van der Waals surface area (Å²) in [5, 5.41) is 14.7. The van der Waals surface area contributed by atoms with Crippen molar-refractivity contribution in [3.63, 3.8) is 0 Å². The van der Waals surface area contributed by atoms with Gasteiger partial charge in [0.15, 0.2) is 0 Å². The first-order valence-electron chi connectivity index (χ1n) is 13.8. The highest BCUT2D eigenvalue weighted by atomic mass is 32.2. The normalized spacial score (nSPS) is 14.2. The average molecular weight is 606 g/mol. The van der Waals surface area contributed by atoms with Crippen LogP contribution in [-0.4, -0.2) is 59.9 Å². The van der Waals surface area contributed by atoms with Gasteiger partial charge in [0.2, 0.25) is 21.8 Å². The van der Waals surface area contributed by atoms with Crippen LogP contribution in [-0.2, 0) is 30.8 Å². The van der Waals surface area contributed by atoms with Gasteiger partial charge in [-0.05, 0) is 42.9 Å². The van der Waals surface area contributed by atoms with E-state index < -0.39 is 39.2 Å². The minimum Gasteiger partial charge on any atom is -0.480 e. The smallest absolute Gasteiger partial charge is 0.326 e. The molecule has 2 aromatic rings. The lowest BCUT2D eigenvalue weighted by Crippen LogP contribution is -2.54. The summed E-state index contributed by atoms with van der Waals surface area (Å²) in [5.74, 6) is -1.99. The van der Waals surface area contributed by atoms with Gasteiger partial charge in [0.25, 0.3) is 0 Å². The number of nitrogens with one attached hydrogen (secondary N) is 3. The zero-order chi connectivity index (χ0) is 30.6. The zero-order valence-electron chi connectivity index (χ0n) is 24.4. The molecular formula is C30H43N3O6S2. The lowest BCUT2D eigenvalue weighted by Gasteiger charge is -2.28. The molecule has 0 saturated heterocycles. The van der Waals surface area contributed by atoms with Crippen molar-refractivity contribution in [2.75, 3.05) is 6.54 Å². The number of aliphatic carboxylic acids is 1. The monoisotopic (exact) mass is 605 g/mol. The molecular weight excluding hydrogens is 562 g/mol. The predicted octanol–water partition coefficient (Wildman–Crippen LogP) is 3.99. The number of hydrogen-bond acceptors (Lipinski definition) is 6. The van der Waals surface area contributed by atoms with Crippen molar-refractivity contribution in [3.05, 3.63) is 66.2 Å². The fourth-order valence-electron chi connectivity index (χ4n) is 4.14. The van der Waals surface area contributed by atoms with E-state index in [1.165, 1.54) is 23.9 Å². The molecule has 0 radical (unpaired) electrons. The molecule has 0 bridgehead atoms. The molecule has 0 aliphatic carbocycles. The Morgan fingerprint density at radius 3 is 1.98 bits per heavy atom. The van der Waals surface area contributed by atoms with Crippen LogP contribution in [0.25, 0.3) is 0 Å². The fraction of sp³-hybridized carbons (Fsp3) is 0.500. The van der Waals surface area contributed by atoms with Crippen LogP contribution in [0.5, 0.6) is 0 Å². The average Bonchev–Trinajstić information content (AvgIpc) is 2.89. The van der Waals surface area contributed by atoms with Crippen molar-refractivity contribution in [1.29, 1.82) is 0 Å². The van der Waals surface area contributed by atoms with E-state index in [2.05, 4.69) is 15.4 Å². The third-order valence-electron chi connectivity index (χ3n) is 6.01. The molecule has 9 nitrogen and oxygen atoms in total. The first kappa shape index (κ1) is 34.3. The maximum atomic E-state index is 13.5. The Labute approximate surface area is 248 Å². The van der Waals surface area contributed by atoms with E-state index in [9.17, 15) is 27.9 Å². The van der Waals surface area contributed by atoms with Crippen LogP contribution in [0.2, 0.25) is 0 Å². The molecule has 226 valence electrons. The van der Waals surface area contributed by atoms with Gasteiger partial charge in [-0.1, -0.05) is 83.1 Å². The van der Waals surface area contributed by atoms with Crippen molar-refractivity contribution < 1.29 is 27.9 Å². The van der Waals surface area contributed by atoms with Crippen molar-refractivity contribution in [2.45, 2.75) is 87.3 Å². The second-order valence-electron chi connectivity index (χ2n) is 11.4. The van der Waals surface area contributed by atoms with Crippen LogP contribution < -0.4 is 15.4 Å². The predicted molar refractivity (Wildman–Crippen MR) is 163 cm³/mol. The summed E-state index contributed by atoms with van der Waals surface area (Å²) in [6, 6.07) is 15.0. The standard InChI is InChI=1S/C30H43N3O6S2/c1-21(2)19-24(27(34)33-25(29(36)37)20-22-13-8-6-9-14-22)32-28(35)26(40-30(3,4)5)17-12-18-31-41(38,39)23-15-10-7-11-16-23/h6-11,13-16,21,24-26,31H,12,17-20H2,1-5H3,(H,32,35)(H,33,34)(H,36,37)/t24?,25-,26?/m0/s1. The van der Waals surface area contributed by atoms with Crippen LogP contribution >= 0.6 is 11.8 Å². The lowest BCUT2D eigenvalue weighted by atomic mass is 10.0. The van der Waals surface area contributed by atoms with Crippen LogP contribution in [0, 0.1) is 5.92 Å². The van der Waals surface area contributed by atoms with E-state index in [0.29, 0.717) is 19.3 Å². The van der Waals surface area contributed by atoms with Crippen molar-refractivity contribution >= 4 is 39.6 Å². The Hall–Kier alpha value is -2.89. The number of carboxylic acids is 1. The highest BCUT2D eigenvalue weighted by molar-refractivity contribution is 8.01. The van der Waals surface area contributed by atoms with Gasteiger partial charge in [0.1, 0.15) is 12.1 Å². The van der Waals surface area contributed by atoms with Gasteiger partial charge in [0, 0.05) is 17.7 Å². The molecule has 2 unspecified atom stereocenters. The second kappa shape index (κ2) is 15.9. The summed E-state index contributed by atoms with van der Waals surface area (Å²) < 4.78 is 27.4. The molecule has 41 heavy (non-hydrogen) atoms. The Morgan fingerprint density at radius 2 is 1.44 bits per heavy atom. The van der Waals surface area contributed by atoms with E-state index >= 15 is 0 Å². The van der Waals surface area contributed by atoms with E-state index in [4.69, 9.17) is 0 Å². The third kappa shape index (κ3) is 12.7. The van der Waals surface area contributed by atoms with E-state index in [1.807, 2.05) is 40.7 Å². The molecule has 2 amide bonds. The molecule has 2 aromatic carbocycles.